The molecule has 0 spiro atoms. The number of hydrogen-bond acceptors (Lipinski definition) is 4. The molecule has 0 aliphatic rings. The quantitative estimate of drug-likeness (QED) is 0.156. The molecule has 0 radical (unpaired) electrons. The largest absolute Gasteiger partial charge is 0.354 e. The number of carbonyl (C=O) groups is 2. The third-order valence-corrected chi connectivity index (χ3v) is 10.4. The number of anilines is 1. The molecule has 4 aromatic rings. The van der Waals surface area contributed by atoms with Gasteiger partial charge in [-0.05, 0) is 85.5 Å². The highest BCUT2D eigenvalue weighted by atomic mass is 35.5. The van der Waals surface area contributed by atoms with Crippen molar-refractivity contribution in [2.75, 3.05) is 17.4 Å². The van der Waals surface area contributed by atoms with E-state index in [1.165, 1.54) is 29.2 Å². The molecule has 0 aromatic heterocycles. The maximum absolute atomic E-state index is 14.6. The van der Waals surface area contributed by atoms with E-state index in [1.807, 2.05) is 51.1 Å². The Kier molecular flexibility index (Phi) is 12.1. The zero-order valence-electron chi connectivity index (χ0n) is 25.8. The Morgan fingerprint density at radius 3 is 2.09 bits per heavy atom. The van der Waals surface area contributed by atoms with E-state index in [-0.39, 0.29) is 23.8 Å². The Morgan fingerprint density at radius 1 is 0.826 bits per heavy atom. The predicted molar refractivity (Wildman–Crippen MR) is 186 cm³/mol. The molecule has 2 amide bonds. The van der Waals surface area contributed by atoms with Crippen LogP contribution in [0.3, 0.4) is 0 Å². The molecule has 0 aliphatic carbocycles. The van der Waals surface area contributed by atoms with Gasteiger partial charge in [-0.2, -0.15) is 0 Å². The number of carbonyl (C=O) groups excluding carboxylic acids is 2. The molecular weight excluding hydrogens is 665 g/mol. The van der Waals surface area contributed by atoms with E-state index in [0.29, 0.717) is 39.3 Å². The Bertz CT molecular complexity index is 1760. The summed E-state index contributed by atoms with van der Waals surface area (Å²) in [4.78, 5) is 29.7. The molecule has 0 unspecified atom stereocenters. The second-order valence-corrected chi connectivity index (χ2v) is 14.1. The number of rotatable bonds is 13. The van der Waals surface area contributed by atoms with Crippen LogP contribution in [0, 0.1) is 13.8 Å². The highest BCUT2D eigenvalue weighted by molar-refractivity contribution is 7.92. The van der Waals surface area contributed by atoms with E-state index >= 15 is 0 Å². The topological polar surface area (TPSA) is 86.8 Å². The van der Waals surface area contributed by atoms with Gasteiger partial charge in [-0.3, -0.25) is 13.9 Å². The third kappa shape index (κ3) is 8.62. The summed E-state index contributed by atoms with van der Waals surface area (Å²) >= 11 is 19.2. The van der Waals surface area contributed by atoms with Crippen LogP contribution in [-0.2, 0) is 32.6 Å². The molecule has 1 atom stereocenters. The molecule has 4 rings (SSSR count). The van der Waals surface area contributed by atoms with Gasteiger partial charge in [0.2, 0.25) is 11.8 Å². The van der Waals surface area contributed by atoms with E-state index in [9.17, 15) is 18.0 Å². The highest BCUT2D eigenvalue weighted by Crippen LogP contribution is 2.30. The first-order chi connectivity index (χ1) is 21.9. The van der Waals surface area contributed by atoms with Crippen molar-refractivity contribution in [1.82, 2.24) is 10.2 Å². The normalized spacial score (nSPS) is 12.0. The van der Waals surface area contributed by atoms with E-state index in [2.05, 4.69) is 5.32 Å². The van der Waals surface area contributed by atoms with E-state index < -0.39 is 28.5 Å². The summed E-state index contributed by atoms with van der Waals surface area (Å²) in [5.74, 6) is -0.986. The van der Waals surface area contributed by atoms with Gasteiger partial charge in [0, 0.05) is 40.1 Å². The summed E-state index contributed by atoms with van der Waals surface area (Å²) in [5.41, 5.74) is 3.38. The Labute approximate surface area is 286 Å². The zero-order chi connectivity index (χ0) is 33.4. The van der Waals surface area contributed by atoms with Crippen LogP contribution >= 0.6 is 34.8 Å². The number of benzene rings is 4. The first kappa shape index (κ1) is 35.3. The van der Waals surface area contributed by atoms with Crippen LogP contribution in [-0.4, -0.2) is 44.3 Å². The van der Waals surface area contributed by atoms with Crippen LogP contribution in [0.5, 0.6) is 0 Å². The number of amides is 2. The van der Waals surface area contributed by atoms with Gasteiger partial charge < -0.3 is 10.2 Å². The minimum Gasteiger partial charge on any atom is -0.354 e. The van der Waals surface area contributed by atoms with Crippen molar-refractivity contribution in [3.05, 3.63) is 128 Å². The number of hydrogen-bond donors (Lipinski definition) is 1. The van der Waals surface area contributed by atoms with Gasteiger partial charge in [0.05, 0.1) is 10.6 Å². The lowest BCUT2D eigenvalue weighted by molar-refractivity contribution is -0.140. The van der Waals surface area contributed by atoms with Crippen molar-refractivity contribution in [1.29, 1.82) is 0 Å². The summed E-state index contributed by atoms with van der Waals surface area (Å²) in [6, 6.07) is 24.3. The fourth-order valence-electron chi connectivity index (χ4n) is 4.92. The fourth-order valence-corrected chi connectivity index (χ4v) is 6.97. The van der Waals surface area contributed by atoms with Gasteiger partial charge in [-0.1, -0.05) is 84.2 Å². The van der Waals surface area contributed by atoms with Crippen molar-refractivity contribution in [2.45, 2.75) is 51.1 Å². The number of sulfonamides is 1. The molecule has 242 valence electrons. The number of nitrogens with zero attached hydrogens (tertiary/aromatic N) is 2. The van der Waals surface area contributed by atoms with Crippen LogP contribution < -0.4 is 9.62 Å². The maximum atomic E-state index is 14.6. The van der Waals surface area contributed by atoms with Crippen LogP contribution in [0.25, 0.3) is 0 Å². The lowest BCUT2D eigenvalue weighted by atomic mass is 10.0. The molecule has 0 aliphatic heterocycles. The smallest absolute Gasteiger partial charge is 0.264 e. The number of nitrogens with one attached hydrogen (secondary N) is 1. The van der Waals surface area contributed by atoms with E-state index in [0.717, 1.165) is 21.0 Å². The van der Waals surface area contributed by atoms with Crippen molar-refractivity contribution in [3.8, 4) is 0 Å². The molecule has 46 heavy (non-hydrogen) atoms. The second kappa shape index (κ2) is 15.8. The predicted octanol–water partition coefficient (Wildman–Crippen LogP) is 7.63. The highest BCUT2D eigenvalue weighted by Gasteiger charge is 2.35. The Hall–Kier alpha value is -3.56. The summed E-state index contributed by atoms with van der Waals surface area (Å²) in [6.45, 7) is 5.40. The molecule has 0 saturated carbocycles. The first-order valence-corrected chi connectivity index (χ1v) is 17.4. The number of halogens is 3. The molecule has 4 aromatic carbocycles. The molecular formula is C35H36Cl3N3O4S. The fraction of sp³-hybridized carbons (Fsp3) is 0.257. The van der Waals surface area contributed by atoms with Crippen molar-refractivity contribution in [3.63, 3.8) is 0 Å². The average molecular weight is 701 g/mol. The molecule has 1 N–H and O–H groups in total. The van der Waals surface area contributed by atoms with Gasteiger partial charge in [0.1, 0.15) is 12.6 Å². The van der Waals surface area contributed by atoms with Crippen LogP contribution in [0.2, 0.25) is 15.1 Å². The lowest BCUT2D eigenvalue weighted by Gasteiger charge is -2.34. The third-order valence-electron chi connectivity index (χ3n) is 7.67. The van der Waals surface area contributed by atoms with Gasteiger partial charge in [-0.25, -0.2) is 8.42 Å². The molecule has 7 nitrogen and oxygen atoms in total. The van der Waals surface area contributed by atoms with Gasteiger partial charge in [0.25, 0.3) is 10.0 Å². The summed E-state index contributed by atoms with van der Waals surface area (Å²) < 4.78 is 29.4. The van der Waals surface area contributed by atoms with Gasteiger partial charge in [-0.15, -0.1) is 0 Å². The molecule has 0 bridgehead atoms. The van der Waals surface area contributed by atoms with Crippen LogP contribution in [0.1, 0.15) is 35.6 Å². The molecule has 11 heteroatoms. The summed E-state index contributed by atoms with van der Waals surface area (Å²) in [7, 11) is -4.26. The molecule has 0 saturated heterocycles. The standard InChI is InChI=1S/C35H36Cl3N3O4S/c1-4-19-39-35(43)33(21-26-9-6-5-7-10-26)40(22-30-31(37)11-8-12-32(30)38)34(42)23-41(28-16-13-24(2)25(3)20-28)46(44,45)29-17-14-27(36)15-18-29/h5-18,20,33H,4,19,21-23H2,1-3H3,(H,39,43)/t33-/m0/s1. The minimum atomic E-state index is -4.26. The van der Waals surface area contributed by atoms with Gasteiger partial charge in [0.15, 0.2) is 0 Å². The van der Waals surface area contributed by atoms with Crippen molar-refractivity contribution in [2.24, 2.45) is 0 Å². The minimum absolute atomic E-state index is 0.0369. The van der Waals surface area contributed by atoms with Crippen LogP contribution in [0.4, 0.5) is 5.69 Å². The Morgan fingerprint density at radius 2 is 1.48 bits per heavy atom. The average Bonchev–Trinajstić information content (AvgIpc) is 3.03. The van der Waals surface area contributed by atoms with Crippen LogP contribution in [0.15, 0.2) is 95.9 Å². The van der Waals surface area contributed by atoms with E-state index in [4.69, 9.17) is 34.8 Å². The summed E-state index contributed by atoms with van der Waals surface area (Å²) in [5, 5.41) is 3.93. The lowest BCUT2D eigenvalue weighted by Crippen LogP contribution is -2.53. The Balaban J connectivity index is 1.85. The zero-order valence-corrected chi connectivity index (χ0v) is 28.9. The SMILES string of the molecule is CCCNC(=O)[C@H](Cc1ccccc1)N(Cc1c(Cl)cccc1Cl)C(=O)CN(c1ccc(C)c(C)c1)S(=O)(=O)c1ccc(Cl)cc1. The maximum Gasteiger partial charge on any atom is 0.264 e. The van der Waals surface area contributed by atoms with Gasteiger partial charge >= 0.3 is 0 Å². The van der Waals surface area contributed by atoms with Crippen molar-refractivity contribution < 1.29 is 18.0 Å². The monoisotopic (exact) mass is 699 g/mol. The molecule has 0 heterocycles. The van der Waals surface area contributed by atoms with Crippen molar-refractivity contribution >= 4 is 62.3 Å². The molecule has 0 fully saturated rings. The second-order valence-electron chi connectivity index (χ2n) is 11.0. The first-order valence-electron chi connectivity index (χ1n) is 14.8. The summed E-state index contributed by atoms with van der Waals surface area (Å²) in [6.07, 6.45) is 0.867. The number of aryl methyl sites for hydroxylation is 2. The van der Waals surface area contributed by atoms with E-state index in [1.54, 1.807) is 36.4 Å².